The number of hydrogen-bond acceptors (Lipinski definition) is 4. The molecule has 3 rings (SSSR count). The first-order chi connectivity index (χ1) is 15.4. The van der Waals surface area contributed by atoms with Crippen LogP contribution in [0.1, 0.15) is 21.5 Å². The van der Waals surface area contributed by atoms with E-state index in [9.17, 15) is 18.0 Å². The highest BCUT2D eigenvalue weighted by atomic mass is 35.5. The summed E-state index contributed by atoms with van der Waals surface area (Å²) in [5.74, 6) is 0.0988. The second-order valence-corrected chi connectivity index (χ2v) is 6.94. The number of benzene rings is 3. The van der Waals surface area contributed by atoms with Gasteiger partial charge in [0.1, 0.15) is 29.7 Å². The SMILES string of the molecule is COc1ccc(/C=C/C(=O)c2ccc(OC(F)F)cc2)cc1COc1ccc(F)cc1Cl. The Labute approximate surface area is 187 Å². The molecule has 0 aliphatic heterocycles. The summed E-state index contributed by atoms with van der Waals surface area (Å²) in [6.07, 6.45) is 2.98. The number of carbonyl (C=O) groups excluding carboxylic acids is 1. The average Bonchev–Trinajstić information content (AvgIpc) is 2.77. The van der Waals surface area contributed by atoms with E-state index in [1.54, 1.807) is 24.3 Å². The molecule has 0 saturated heterocycles. The van der Waals surface area contributed by atoms with Gasteiger partial charge in [0.15, 0.2) is 5.78 Å². The molecular weight excluding hydrogens is 445 g/mol. The van der Waals surface area contributed by atoms with Gasteiger partial charge in [0.25, 0.3) is 0 Å². The lowest BCUT2D eigenvalue weighted by Gasteiger charge is -2.12. The van der Waals surface area contributed by atoms with E-state index >= 15 is 0 Å². The fourth-order valence-corrected chi connectivity index (χ4v) is 3.05. The predicted octanol–water partition coefficient (Wildman–Crippen LogP) is 6.56. The third kappa shape index (κ3) is 6.28. The number of carbonyl (C=O) groups is 1. The van der Waals surface area contributed by atoms with E-state index in [0.29, 0.717) is 28.2 Å². The molecule has 0 aliphatic carbocycles. The summed E-state index contributed by atoms with van der Waals surface area (Å²) >= 11 is 5.99. The zero-order chi connectivity index (χ0) is 23.1. The summed E-state index contributed by atoms with van der Waals surface area (Å²) in [5.41, 5.74) is 1.72. The van der Waals surface area contributed by atoms with Crippen LogP contribution in [0.15, 0.2) is 66.7 Å². The molecule has 0 saturated carbocycles. The monoisotopic (exact) mass is 462 g/mol. The lowest BCUT2D eigenvalue weighted by Crippen LogP contribution is -2.02. The highest BCUT2D eigenvalue weighted by Gasteiger charge is 2.09. The molecule has 0 unspecified atom stereocenters. The third-order valence-electron chi connectivity index (χ3n) is 4.37. The van der Waals surface area contributed by atoms with Crippen molar-refractivity contribution < 1.29 is 32.2 Å². The Morgan fingerprint density at radius 3 is 2.41 bits per heavy atom. The molecule has 0 aromatic heterocycles. The van der Waals surface area contributed by atoms with Gasteiger partial charge in [-0.2, -0.15) is 8.78 Å². The van der Waals surface area contributed by atoms with Crippen molar-refractivity contribution in [2.24, 2.45) is 0 Å². The molecule has 0 atom stereocenters. The molecule has 0 fully saturated rings. The lowest BCUT2D eigenvalue weighted by molar-refractivity contribution is -0.0498. The van der Waals surface area contributed by atoms with E-state index < -0.39 is 12.4 Å². The molecule has 0 radical (unpaired) electrons. The van der Waals surface area contributed by atoms with Crippen molar-refractivity contribution in [1.29, 1.82) is 0 Å². The summed E-state index contributed by atoms with van der Waals surface area (Å²) < 4.78 is 52.9. The van der Waals surface area contributed by atoms with Gasteiger partial charge in [-0.15, -0.1) is 0 Å². The van der Waals surface area contributed by atoms with Crippen LogP contribution in [-0.2, 0) is 6.61 Å². The van der Waals surface area contributed by atoms with Crippen LogP contribution < -0.4 is 14.2 Å². The summed E-state index contributed by atoms with van der Waals surface area (Å²) in [6, 6.07) is 14.5. The van der Waals surface area contributed by atoms with Gasteiger partial charge in [-0.05, 0) is 66.2 Å². The Hall–Kier alpha value is -3.45. The molecule has 3 aromatic rings. The van der Waals surface area contributed by atoms with Gasteiger partial charge >= 0.3 is 6.61 Å². The van der Waals surface area contributed by atoms with E-state index in [1.165, 1.54) is 49.6 Å². The molecule has 0 amide bonds. The van der Waals surface area contributed by atoms with Crippen LogP contribution in [0.25, 0.3) is 6.08 Å². The second-order valence-electron chi connectivity index (χ2n) is 6.54. The van der Waals surface area contributed by atoms with Gasteiger partial charge in [-0.25, -0.2) is 4.39 Å². The van der Waals surface area contributed by atoms with E-state index in [0.717, 1.165) is 6.07 Å². The Kier molecular flexibility index (Phi) is 7.78. The van der Waals surface area contributed by atoms with Crippen LogP contribution in [-0.4, -0.2) is 19.5 Å². The van der Waals surface area contributed by atoms with Crippen molar-refractivity contribution in [1.82, 2.24) is 0 Å². The maximum Gasteiger partial charge on any atom is 0.387 e. The first kappa shape index (κ1) is 23.2. The van der Waals surface area contributed by atoms with Crippen LogP contribution >= 0.6 is 11.6 Å². The standard InChI is InChI=1S/C24H18ClF3O4/c1-30-22-10-3-15(12-17(22)14-31-23-11-6-18(26)13-20(23)25)2-9-21(29)16-4-7-19(8-5-16)32-24(27)28/h2-13,24H,14H2,1H3/b9-2+. The topological polar surface area (TPSA) is 44.8 Å². The van der Waals surface area contributed by atoms with Crippen molar-refractivity contribution >= 4 is 23.5 Å². The van der Waals surface area contributed by atoms with E-state index in [-0.39, 0.29) is 23.2 Å². The van der Waals surface area contributed by atoms with Gasteiger partial charge in [0.05, 0.1) is 12.1 Å². The molecule has 166 valence electrons. The largest absolute Gasteiger partial charge is 0.496 e. The smallest absolute Gasteiger partial charge is 0.387 e. The average molecular weight is 463 g/mol. The van der Waals surface area contributed by atoms with Gasteiger partial charge in [-0.3, -0.25) is 4.79 Å². The summed E-state index contributed by atoms with van der Waals surface area (Å²) in [6.45, 7) is -2.82. The molecule has 0 N–H and O–H groups in total. The van der Waals surface area contributed by atoms with E-state index in [4.69, 9.17) is 21.1 Å². The lowest BCUT2D eigenvalue weighted by atomic mass is 10.1. The number of hydrogen-bond donors (Lipinski definition) is 0. The van der Waals surface area contributed by atoms with Gasteiger partial charge in [0.2, 0.25) is 0 Å². The highest BCUT2D eigenvalue weighted by Crippen LogP contribution is 2.28. The molecule has 0 aliphatic rings. The Balaban J connectivity index is 1.71. The van der Waals surface area contributed by atoms with Crippen LogP contribution in [0.2, 0.25) is 5.02 Å². The van der Waals surface area contributed by atoms with Crippen LogP contribution in [0.5, 0.6) is 17.2 Å². The minimum absolute atomic E-state index is 0.0263. The van der Waals surface area contributed by atoms with Crippen LogP contribution in [0, 0.1) is 5.82 Å². The highest BCUT2D eigenvalue weighted by molar-refractivity contribution is 6.32. The molecule has 0 heterocycles. The first-order valence-corrected chi connectivity index (χ1v) is 9.75. The number of allylic oxidation sites excluding steroid dienone is 1. The quantitative estimate of drug-likeness (QED) is 0.267. The van der Waals surface area contributed by atoms with Crippen molar-refractivity contribution in [2.45, 2.75) is 13.2 Å². The maximum atomic E-state index is 13.2. The van der Waals surface area contributed by atoms with Crippen molar-refractivity contribution in [3.8, 4) is 17.2 Å². The summed E-state index contributed by atoms with van der Waals surface area (Å²) in [7, 11) is 1.52. The van der Waals surface area contributed by atoms with Gasteiger partial charge in [-0.1, -0.05) is 23.7 Å². The zero-order valence-corrected chi connectivity index (χ0v) is 17.6. The molecule has 3 aromatic carbocycles. The fourth-order valence-electron chi connectivity index (χ4n) is 2.83. The minimum Gasteiger partial charge on any atom is -0.496 e. The molecule has 32 heavy (non-hydrogen) atoms. The maximum absolute atomic E-state index is 13.2. The Bertz CT molecular complexity index is 1110. The van der Waals surface area contributed by atoms with Crippen LogP contribution in [0.3, 0.4) is 0 Å². The second kappa shape index (κ2) is 10.7. The molecule has 0 spiro atoms. The fraction of sp³-hybridized carbons (Fsp3) is 0.125. The first-order valence-electron chi connectivity index (χ1n) is 9.38. The Morgan fingerprint density at radius 1 is 1.03 bits per heavy atom. The zero-order valence-electron chi connectivity index (χ0n) is 16.9. The Morgan fingerprint density at radius 2 is 1.75 bits per heavy atom. The number of alkyl halides is 2. The summed E-state index contributed by atoms with van der Waals surface area (Å²) in [4.78, 5) is 12.4. The number of halogens is 4. The minimum atomic E-state index is -2.93. The normalized spacial score (nSPS) is 11.1. The summed E-state index contributed by atoms with van der Waals surface area (Å²) in [5, 5.41) is 0.149. The molecule has 0 bridgehead atoms. The molecule has 4 nitrogen and oxygen atoms in total. The number of ether oxygens (including phenoxy) is 3. The van der Waals surface area contributed by atoms with Gasteiger partial charge < -0.3 is 14.2 Å². The van der Waals surface area contributed by atoms with Crippen molar-refractivity contribution in [3.63, 3.8) is 0 Å². The molecular formula is C24H18ClF3O4. The molecule has 8 heteroatoms. The van der Waals surface area contributed by atoms with E-state index in [2.05, 4.69) is 4.74 Å². The van der Waals surface area contributed by atoms with Crippen molar-refractivity contribution in [2.75, 3.05) is 7.11 Å². The van der Waals surface area contributed by atoms with Crippen LogP contribution in [0.4, 0.5) is 13.2 Å². The predicted molar refractivity (Wildman–Crippen MR) is 115 cm³/mol. The third-order valence-corrected chi connectivity index (χ3v) is 4.67. The van der Waals surface area contributed by atoms with Gasteiger partial charge in [0, 0.05) is 11.1 Å². The van der Waals surface area contributed by atoms with E-state index in [1.807, 2.05) is 0 Å². The van der Waals surface area contributed by atoms with Crippen molar-refractivity contribution in [3.05, 3.63) is 94.3 Å². The number of ketones is 1. The number of methoxy groups -OCH3 is 1. The number of rotatable bonds is 9.